The van der Waals surface area contributed by atoms with Crippen LogP contribution in [0.2, 0.25) is 5.02 Å². The van der Waals surface area contributed by atoms with Gasteiger partial charge in [-0.05, 0) is 24.3 Å². The molecule has 0 bridgehead atoms. The van der Waals surface area contributed by atoms with Crippen LogP contribution in [-0.2, 0) is 0 Å². The lowest BCUT2D eigenvalue weighted by atomic mass is 10.2. The fourth-order valence-corrected chi connectivity index (χ4v) is 2.63. The van der Waals surface area contributed by atoms with Crippen molar-refractivity contribution in [1.29, 1.82) is 5.26 Å². The van der Waals surface area contributed by atoms with Crippen molar-refractivity contribution in [2.75, 3.05) is 36.0 Å². The highest BCUT2D eigenvalue weighted by molar-refractivity contribution is 6.32. The van der Waals surface area contributed by atoms with Crippen molar-refractivity contribution in [2.24, 2.45) is 0 Å². The standard InChI is InChI=1S/C15H14ClN5/c16-14-10-13(3-2-12(14)11-17)20-6-8-21(9-7-20)15-18-4-1-5-19-15/h1-5,10H,6-9H2. The van der Waals surface area contributed by atoms with Crippen molar-refractivity contribution in [1.82, 2.24) is 9.97 Å². The van der Waals surface area contributed by atoms with Crippen LogP contribution in [0.25, 0.3) is 0 Å². The summed E-state index contributed by atoms with van der Waals surface area (Å²) >= 11 is 6.09. The molecule has 0 amide bonds. The molecule has 2 heterocycles. The highest BCUT2D eigenvalue weighted by Gasteiger charge is 2.19. The molecule has 0 radical (unpaired) electrons. The molecule has 1 saturated heterocycles. The number of nitriles is 1. The maximum Gasteiger partial charge on any atom is 0.225 e. The maximum absolute atomic E-state index is 8.91. The molecule has 0 spiro atoms. The summed E-state index contributed by atoms with van der Waals surface area (Å²) < 4.78 is 0. The van der Waals surface area contributed by atoms with Gasteiger partial charge in [-0.3, -0.25) is 0 Å². The lowest BCUT2D eigenvalue weighted by molar-refractivity contribution is 0.640. The number of aromatic nitrogens is 2. The summed E-state index contributed by atoms with van der Waals surface area (Å²) in [6.45, 7) is 3.48. The fourth-order valence-electron chi connectivity index (χ4n) is 2.41. The van der Waals surface area contributed by atoms with Crippen LogP contribution in [0.4, 0.5) is 11.6 Å². The zero-order valence-corrected chi connectivity index (χ0v) is 12.2. The van der Waals surface area contributed by atoms with E-state index in [0.29, 0.717) is 10.6 Å². The minimum absolute atomic E-state index is 0.504. The summed E-state index contributed by atoms with van der Waals surface area (Å²) in [6, 6.07) is 9.46. The first-order chi connectivity index (χ1) is 10.3. The van der Waals surface area contributed by atoms with E-state index < -0.39 is 0 Å². The lowest BCUT2D eigenvalue weighted by Crippen LogP contribution is -2.47. The predicted molar refractivity (Wildman–Crippen MR) is 82.6 cm³/mol. The van der Waals surface area contributed by atoms with Crippen molar-refractivity contribution in [3.8, 4) is 6.07 Å². The average molecular weight is 300 g/mol. The second-order valence-electron chi connectivity index (χ2n) is 4.80. The Balaban J connectivity index is 1.69. The zero-order chi connectivity index (χ0) is 14.7. The smallest absolute Gasteiger partial charge is 0.225 e. The topological polar surface area (TPSA) is 56.1 Å². The van der Waals surface area contributed by atoms with Crippen molar-refractivity contribution >= 4 is 23.2 Å². The van der Waals surface area contributed by atoms with Gasteiger partial charge < -0.3 is 9.80 Å². The monoisotopic (exact) mass is 299 g/mol. The molecule has 0 atom stereocenters. The Morgan fingerprint density at radius 2 is 1.71 bits per heavy atom. The molecular formula is C15H14ClN5. The van der Waals surface area contributed by atoms with Crippen LogP contribution in [0.3, 0.4) is 0 Å². The van der Waals surface area contributed by atoms with Gasteiger partial charge >= 0.3 is 0 Å². The van der Waals surface area contributed by atoms with Crippen LogP contribution in [0.15, 0.2) is 36.7 Å². The molecule has 21 heavy (non-hydrogen) atoms. The molecule has 0 N–H and O–H groups in total. The quantitative estimate of drug-likeness (QED) is 0.852. The Labute approximate surface area is 128 Å². The van der Waals surface area contributed by atoms with Gasteiger partial charge in [0.15, 0.2) is 0 Å². The number of benzene rings is 1. The van der Waals surface area contributed by atoms with Gasteiger partial charge in [0.1, 0.15) is 6.07 Å². The van der Waals surface area contributed by atoms with E-state index in [-0.39, 0.29) is 0 Å². The minimum Gasteiger partial charge on any atom is -0.368 e. The van der Waals surface area contributed by atoms with Gasteiger partial charge in [-0.1, -0.05) is 11.6 Å². The molecule has 0 saturated carbocycles. The van der Waals surface area contributed by atoms with Gasteiger partial charge in [0.05, 0.1) is 10.6 Å². The maximum atomic E-state index is 8.91. The fraction of sp³-hybridized carbons (Fsp3) is 0.267. The Hall–Kier alpha value is -2.32. The summed E-state index contributed by atoms with van der Waals surface area (Å²) in [5.41, 5.74) is 1.56. The average Bonchev–Trinajstić information content (AvgIpc) is 2.56. The third-order valence-electron chi connectivity index (χ3n) is 3.55. The second kappa shape index (κ2) is 5.98. The van der Waals surface area contributed by atoms with E-state index in [1.807, 2.05) is 18.2 Å². The summed E-state index contributed by atoms with van der Waals surface area (Å²) in [4.78, 5) is 13.0. The Bertz CT molecular complexity index is 660. The molecular weight excluding hydrogens is 286 g/mol. The van der Waals surface area contributed by atoms with Crippen molar-refractivity contribution in [3.63, 3.8) is 0 Å². The first-order valence-electron chi connectivity index (χ1n) is 6.74. The molecule has 1 aromatic carbocycles. The first-order valence-corrected chi connectivity index (χ1v) is 7.12. The largest absolute Gasteiger partial charge is 0.368 e. The molecule has 2 aromatic rings. The first kappa shape index (κ1) is 13.7. The van der Waals surface area contributed by atoms with Crippen molar-refractivity contribution < 1.29 is 0 Å². The number of hydrogen-bond acceptors (Lipinski definition) is 5. The molecule has 0 unspecified atom stereocenters. The van der Waals surface area contributed by atoms with E-state index in [0.717, 1.165) is 37.8 Å². The van der Waals surface area contributed by atoms with Gasteiger partial charge in [0.2, 0.25) is 5.95 Å². The van der Waals surface area contributed by atoms with E-state index in [4.69, 9.17) is 16.9 Å². The summed E-state index contributed by atoms with van der Waals surface area (Å²) in [7, 11) is 0. The normalized spacial score (nSPS) is 14.9. The number of rotatable bonds is 2. The number of nitrogens with zero attached hydrogens (tertiary/aromatic N) is 5. The third kappa shape index (κ3) is 2.91. The van der Waals surface area contributed by atoms with E-state index in [2.05, 4.69) is 25.8 Å². The van der Waals surface area contributed by atoms with Gasteiger partial charge in [0.25, 0.3) is 0 Å². The van der Waals surface area contributed by atoms with Crippen LogP contribution >= 0.6 is 11.6 Å². The van der Waals surface area contributed by atoms with Crippen LogP contribution in [0, 0.1) is 11.3 Å². The number of piperazine rings is 1. The molecule has 0 aliphatic carbocycles. The highest BCUT2D eigenvalue weighted by Crippen LogP contribution is 2.24. The molecule has 106 valence electrons. The third-order valence-corrected chi connectivity index (χ3v) is 3.87. The molecule has 1 aliphatic rings. The zero-order valence-electron chi connectivity index (χ0n) is 11.4. The summed E-state index contributed by atoms with van der Waals surface area (Å²) in [5.74, 6) is 0.773. The van der Waals surface area contributed by atoms with E-state index >= 15 is 0 Å². The summed E-state index contributed by atoms with van der Waals surface area (Å²) in [6.07, 6.45) is 3.52. The Morgan fingerprint density at radius 1 is 1.05 bits per heavy atom. The van der Waals surface area contributed by atoms with E-state index in [1.165, 1.54) is 0 Å². The predicted octanol–water partition coefficient (Wildman–Crippen LogP) is 2.33. The lowest BCUT2D eigenvalue weighted by Gasteiger charge is -2.36. The number of halogens is 1. The van der Waals surface area contributed by atoms with Crippen LogP contribution < -0.4 is 9.80 Å². The van der Waals surface area contributed by atoms with Crippen molar-refractivity contribution in [3.05, 3.63) is 47.2 Å². The molecule has 5 nitrogen and oxygen atoms in total. The Kier molecular flexibility index (Phi) is 3.89. The molecule has 6 heteroatoms. The van der Waals surface area contributed by atoms with Crippen LogP contribution in [0.5, 0.6) is 0 Å². The SMILES string of the molecule is N#Cc1ccc(N2CCN(c3ncccn3)CC2)cc1Cl. The van der Waals surface area contributed by atoms with Gasteiger partial charge in [-0.2, -0.15) is 5.26 Å². The van der Waals surface area contributed by atoms with E-state index in [9.17, 15) is 0 Å². The summed E-state index contributed by atoms with van der Waals surface area (Å²) in [5, 5.41) is 9.42. The minimum atomic E-state index is 0.504. The Morgan fingerprint density at radius 3 is 2.33 bits per heavy atom. The molecule has 1 aromatic heterocycles. The van der Waals surface area contributed by atoms with Crippen LogP contribution in [-0.4, -0.2) is 36.1 Å². The molecule has 3 rings (SSSR count). The second-order valence-corrected chi connectivity index (χ2v) is 5.21. The number of hydrogen-bond donors (Lipinski definition) is 0. The molecule has 1 fully saturated rings. The van der Waals surface area contributed by atoms with Crippen molar-refractivity contribution in [2.45, 2.75) is 0 Å². The molecule has 1 aliphatic heterocycles. The van der Waals surface area contributed by atoms with Gasteiger partial charge in [0, 0.05) is 44.3 Å². The number of anilines is 2. The van der Waals surface area contributed by atoms with E-state index in [1.54, 1.807) is 18.5 Å². The van der Waals surface area contributed by atoms with Gasteiger partial charge in [-0.15, -0.1) is 0 Å². The highest BCUT2D eigenvalue weighted by atomic mass is 35.5. The van der Waals surface area contributed by atoms with Gasteiger partial charge in [-0.25, -0.2) is 9.97 Å². The van der Waals surface area contributed by atoms with Crippen LogP contribution in [0.1, 0.15) is 5.56 Å².